The first-order valence-corrected chi connectivity index (χ1v) is 6.04. The summed E-state index contributed by atoms with van der Waals surface area (Å²) in [6.45, 7) is 0. The van der Waals surface area contributed by atoms with Crippen molar-refractivity contribution in [2.24, 2.45) is 0 Å². The molecule has 17 heavy (non-hydrogen) atoms. The Morgan fingerprint density at radius 1 is 1.29 bits per heavy atom. The lowest BCUT2D eigenvalue weighted by atomic mass is 10.1. The van der Waals surface area contributed by atoms with Gasteiger partial charge >= 0.3 is 0 Å². The summed E-state index contributed by atoms with van der Waals surface area (Å²) in [6.07, 6.45) is 0.137. The second-order valence-corrected chi connectivity index (χ2v) is 4.84. The largest absolute Gasteiger partial charge is 0.294 e. The molecule has 0 N–H and O–H groups in total. The Bertz CT molecular complexity index is 529. The van der Waals surface area contributed by atoms with Crippen LogP contribution in [-0.4, -0.2) is 5.78 Å². The van der Waals surface area contributed by atoms with Gasteiger partial charge in [-0.25, -0.2) is 8.78 Å². The molecular formula is C12H7ClF2OS. The van der Waals surface area contributed by atoms with Crippen LogP contribution in [0, 0.1) is 11.6 Å². The first-order valence-electron chi connectivity index (χ1n) is 4.78. The smallest absolute Gasteiger partial charge is 0.168 e. The number of Topliss-reactive ketones (excluding diaryl/α,β-unsaturated/α-hetero) is 1. The molecule has 1 aromatic heterocycles. The molecule has 0 aliphatic rings. The van der Waals surface area contributed by atoms with Crippen molar-refractivity contribution >= 4 is 28.7 Å². The van der Waals surface area contributed by atoms with Crippen molar-refractivity contribution in [1.29, 1.82) is 0 Å². The van der Waals surface area contributed by atoms with Crippen LogP contribution in [0.5, 0.6) is 0 Å². The Kier molecular flexibility index (Phi) is 3.54. The number of carbonyl (C=O) groups is 1. The molecule has 0 aliphatic carbocycles. The summed E-state index contributed by atoms with van der Waals surface area (Å²) in [5.41, 5.74) is -0.00204. The quantitative estimate of drug-likeness (QED) is 0.607. The second kappa shape index (κ2) is 4.94. The molecule has 2 rings (SSSR count). The molecule has 2 aromatic rings. The van der Waals surface area contributed by atoms with Crippen LogP contribution in [0.1, 0.15) is 15.2 Å². The maximum atomic E-state index is 13.2. The molecule has 0 saturated heterocycles. The Morgan fingerprint density at radius 3 is 2.47 bits per heavy atom. The number of hydrogen-bond acceptors (Lipinski definition) is 2. The molecule has 0 atom stereocenters. The summed E-state index contributed by atoms with van der Waals surface area (Å²) < 4.78 is 26.3. The molecule has 0 amide bonds. The van der Waals surface area contributed by atoms with E-state index in [0.717, 1.165) is 17.0 Å². The van der Waals surface area contributed by atoms with Gasteiger partial charge in [0.25, 0.3) is 0 Å². The summed E-state index contributed by atoms with van der Waals surface area (Å²) in [4.78, 5) is 12.6. The average Bonchev–Trinajstić information content (AvgIpc) is 2.77. The van der Waals surface area contributed by atoms with E-state index in [0.29, 0.717) is 0 Å². The molecule has 0 aliphatic heterocycles. The van der Waals surface area contributed by atoms with Crippen molar-refractivity contribution in [3.63, 3.8) is 0 Å². The number of ketones is 1. The van der Waals surface area contributed by atoms with Crippen molar-refractivity contribution in [3.8, 4) is 0 Å². The minimum absolute atomic E-state index is 0.00204. The SMILES string of the molecule is O=C(Cc1cccs1)c1cc(F)c(Cl)c(F)c1. The van der Waals surface area contributed by atoms with Crippen LogP contribution in [-0.2, 0) is 6.42 Å². The van der Waals surface area contributed by atoms with Crippen LogP contribution in [0.2, 0.25) is 5.02 Å². The van der Waals surface area contributed by atoms with Gasteiger partial charge in [-0.05, 0) is 23.6 Å². The predicted molar refractivity (Wildman–Crippen MR) is 63.7 cm³/mol. The lowest BCUT2D eigenvalue weighted by Crippen LogP contribution is -2.04. The lowest BCUT2D eigenvalue weighted by Gasteiger charge is -2.02. The van der Waals surface area contributed by atoms with E-state index in [1.54, 1.807) is 6.07 Å². The van der Waals surface area contributed by atoms with Gasteiger partial charge in [-0.3, -0.25) is 4.79 Å². The molecule has 0 fully saturated rings. The Hall–Kier alpha value is -1.26. The van der Waals surface area contributed by atoms with Gasteiger partial charge in [0.2, 0.25) is 0 Å². The summed E-state index contributed by atoms with van der Waals surface area (Å²) in [6, 6.07) is 5.53. The molecule has 0 spiro atoms. The fourth-order valence-corrected chi connectivity index (χ4v) is 2.20. The van der Waals surface area contributed by atoms with Gasteiger partial charge in [-0.2, -0.15) is 0 Å². The highest BCUT2D eigenvalue weighted by Crippen LogP contribution is 2.22. The Morgan fingerprint density at radius 2 is 1.94 bits per heavy atom. The fraction of sp³-hybridized carbons (Fsp3) is 0.0833. The molecule has 1 nitrogen and oxygen atoms in total. The maximum Gasteiger partial charge on any atom is 0.168 e. The molecule has 1 heterocycles. The van der Waals surface area contributed by atoms with Crippen LogP contribution < -0.4 is 0 Å². The zero-order chi connectivity index (χ0) is 12.4. The summed E-state index contributed by atoms with van der Waals surface area (Å²) >= 11 is 6.76. The van der Waals surface area contributed by atoms with Crippen LogP contribution >= 0.6 is 22.9 Å². The highest BCUT2D eigenvalue weighted by Gasteiger charge is 2.14. The monoisotopic (exact) mass is 272 g/mol. The summed E-state index contributed by atoms with van der Waals surface area (Å²) in [5, 5.41) is 1.25. The Labute approximate surface area is 106 Å². The van der Waals surface area contributed by atoms with Gasteiger partial charge in [0.15, 0.2) is 5.78 Å². The number of benzene rings is 1. The van der Waals surface area contributed by atoms with Crippen LogP contribution in [0.15, 0.2) is 29.6 Å². The molecule has 0 saturated carbocycles. The molecule has 5 heteroatoms. The van der Waals surface area contributed by atoms with Gasteiger partial charge in [-0.15, -0.1) is 11.3 Å². The second-order valence-electron chi connectivity index (χ2n) is 3.43. The highest BCUT2D eigenvalue weighted by atomic mass is 35.5. The third-order valence-corrected chi connectivity index (χ3v) is 3.46. The topological polar surface area (TPSA) is 17.1 Å². The molecular weight excluding hydrogens is 266 g/mol. The highest BCUT2D eigenvalue weighted by molar-refractivity contribution is 7.10. The van der Waals surface area contributed by atoms with Crippen molar-refractivity contribution in [2.45, 2.75) is 6.42 Å². The molecule has 0 bridgehead atoms. The van der Waals surface area contributed by atoms with E-state index in [4.69, 9.17) is 11.6 Å². The van der Waals surface area contributed by atoms with Gasteiger partial charge in [0.05, 0.1) is 0 Å². The first kappa shape index (κ1) is 12.2. The lowest BCUT2D eigenvalue weighted by molar-refractivity contribution is 0.0993. The van der Waals surface area contributed by atoms with Crippen molar-refractivity contribution in [2.75, 3.05) is 0 Å². The minimum atomic E-state index is -0.916. The first-order chi connectivity index (χ1) is 8.08. The van der Waals surface area contributed by atoms with Gasteiger partial charge in [-0.1, -0.05) is 17.7 Å². The standard InChI is InChI=1S/C12H7ClF2OS/c13-12-9(14)4-7(5-10(12)15)11(16)6-8-2-1-3-17-8/h1-5H,6H2. The number of thiophene rings is 1. The van der Waals surface area contributed by atoms with Gasteiger partial charge in [0, 0.05) is 16.9 Å². The maximum absolute atomic E-state index is 13.2. The van der Waals surface area contributed by atoms with E-state index in [1.165, 1.54) is 11.3 Å². The van der Waals surface area contributed by atoms with Crippen molar-refractivity contribution < 1.29 is 13.6 Å². The molecule has 1 aromatic carbocycles. The van der Waals surface area contributed by atoms with Gasteiger partial charge < -0.3 is 0 Å². The molecule has 0 radical (unpaired) electrons. The predicted octanol–water partition coefficient (Wildman–Crippen LogP) is 4.11. The number of carbonyl (C=O) groups excluding carboxylic acids is 1. The van der Waals surface area contributed by atoms with Crippen LogP contribution in [0.4, 0.5) is 8.78 Å². The zero-order valence-corrected chi connectivity index (χ0v) is 10.1. The van der Waals surface area contributed by atoms with Crippen LogP contribution in [0.25, 0.3) is 0 Å². The number of halogens is 3. The van der Waals surface area contributed by atoms with Crippen molar-refractivity contribution in [1.82, 2.24) is 0 Å². The minimum Gasteiger partial charge on any atom is -0.294 e. The Balaban J connectivity index is 2.26. The van der Waals surface area contributed by atoms with E-state index in [1.807, 2.05) is 11.4 Å². The van der Waals surface area contributed by atoms with E-state index in [-0.39, 0.29) is 17.8 Å². The van der Waals surface area contributed by atoms with E-state index >= 15 is 0 Å². The van der Waals surface area contributed by atoms with Crippen molar-refractivity contribution in [3.05, 3.63) is 56.7 Å². The van der Waals surface area contributed by atoms with E-state index < -0.39 is 16.7 Å². The fourth-order valence-electron chi connectivity index (χ4n) is 1.39. The third-order valence-electron chi connectivity index (χ3n) is 2.22. The molecule has 88 valence electrons. The third kappa shape index (κ3) is 2.70. The average molecular weight is 273 g/mol. The van der Waals surface area contributed by atoms with Crippen LogP contribution in [0.3, 0.4) is 0 Å². The normalized spacial score (nSPS) is 10.5. The van der Waals surface area contributed by atoms with E-state index in [9.17, 15) is 13.6 Å². The summed E-state index contributed by atoms with van der Waals surface area (Å²) in [7, 11) is 0. The van der Waals surface area contributed by atoms with E-state index in [2.05, 4.69) is 0 Å². The summed E-state index contributed by atoms with van der Waals surface area (Å²) in [5.74, 6) is -2.16. The number of rotatable bonds is 3. The van der Waals surface area contributed by atoms with Gasteiger partial charge in [0.1, 0.15) is 16.7 Å². The zero-order valence-electron chi connectivity index (χ0n) is 8.54. The number of hydrogen-bond donors (Lipinski definition) is 0. The molecule has 0 unspecified atom stereocenters.